The van der Waals surface area contributed by atoms with E-state index >= 15 is 0 Å². The van der Waals surface area contributed by atoms with Crippen LogP contribution in [0.1, 0.15) is 41.2 Å². The molecule has 1 aromatic carbocycles. The molecule has 6 nitrogen and oxygen atoms in total. The minimum absolute atomic E-state index is 0.0308. The molecule has 8 heteroatoms. The van der Waals surface area contributed by atoms with E-state index in [-0.39, 0.29) is 12.3 Å². The van der Waals surface area contributed by atoms with Gasteiger partial charge in [-0.05, 0) is 36.5 Å². The van der Waals surface area contributed by atoms with Crippen LogP contribution in [0.3, 0.4) is 0 Å². The molecule has 1 aliphatic carbocycles. The number of hydrogen-bond acceptors (Lipinski definition) is 3. The first kappa shape index (κ1) is 16.1. The van der Waals surface area contributed by atoms with Crippen molar-refractivity contribution in [1.82, 2.24) is 10.2 Å². The van der Waals surface area contributed by atoms with Gasteiger partial charge in [-0.1, -0.05) is 23.2 Å². The Hall–Kier alpha value is -1.79. The van der Waals surface area contributed by atoms with E-state index in [1.54, 1.807) is 17.0 Å². The summed E-state index contributed by atoms with van der Waals surface area (Å²) in [5.41, 5.74) is 6.38. The van der Waals surface area contributed by atoms with Gasteiger partial charge in [0.15, 0.2) is 5.96 Å². The van der Waals surface area contributed by atoms with Crippen molar-refractivity contribution >= 4 is 41.0 Å². The highest BCUT2D eigenvalue weighted by atomic mass is 35.5. The summed E-state index contributed by atoms with van der Waals surface area (Å²) < 4.78 is 0. The molecule has 1 heterocycles. The van der Waals surface area contributed by atoms with E-state index in [2.05, 4.69) is 5.32 Å². The second-order valence-electron chi connectivity index (χ2n) is 5.94. The van der Waals surface area contributed by atoms with E-state index in [1.165, 1.54) is 0 Å². The lowest BCUT2D eigenvalue weighted by Gasteiger charge is -2.25. The first-order valence-corrected chi connectivity index (χ1v) is 8.06. The summed E-state index contributed by atoms with van der Waals surface area (Å²) in [6, 6.07) is 2.80. The monoisotopic (exact) mass is 354 g/mol. The normalized spacial score (nSPS) is 19.7. The molecule has 1 saturated carbocycles. The van der Waals surface area contributed by atoms with E-state index in [4.69, 9.17) is 34.3 Å². The molecule has 23 heavy (non-hydrogen) atoms. The maximum Gasteiger partial charge on any atom is 0.254 e. The molecule has 1 aliphatic heterocycles. The van der Waals surface area contributed by atoms with Crippen molar-refractivity contribution in [2.24, 2.45) is 11.7 Å². The first-order valence-electron chi connectivity index (χ1n) is 7.30. The number of carbonyl (C=O) groups is 2. The van der Waals surface area contributed by atoms with Gasteiger partial charge in [-0.25, -0.2) is 0 Å². The van der Waals surface area contributed by atoms with E-state index < -0.39 is 17.9 Å². The maximum atomic E-state index is 12.7. The Morgan fingerprint density at radius 2 is 2.00 bits per heavy atom. The Morgan fingerprint density at radius 1 is 1.35 bits per heavy atom. The van der Waals surface area contributed by atoms with Crippen LogP contribution >= 0.6 is 23.2 Å². The van der Waals surface area contributed by atoms with Crippen LogP contribution in [0, 0.1) is 11.3 Å². The number of nitrogens with one attached hydrogen (secondary N) is 2. The van der Waals surface area contributed by atoms with Gasteiger partial charge < -0.3 is 10.6 Å². The van der Waals surface area contributed by atoms with Crippen LogP contribution in [0.25, 0.3) is 0 Å². The van der Waals surface area contributed by atoms with Gasteiger partial charge >= 0.3 is 0 Å². The zero-order chi connectivity index (χ0) is 16.7. The van der Waals surface area contributed by atoms with Gasteiger partial charge in [0.05, 0.1) is 22.5 Å². The number of guanidine groups is 1. The van der Waals surface area contributed by atoms with Crippen LogP contribution in [0.4, 0.5) is 0 Å². The second kappa shape index (κ2) is 6.02. The summed E-state index contributed by atoms with van der Waals surface area (Å²) >= 11 is 12.1. The quantitative estimate of drug-likeness (QED) is 0.571. The van der Waals surface area contributed by atoms with E-state index in [9.17, 15) is 9.59 Å². The summed E-state index contributed by atoms with van der Waals surface area (Å²) in [5.74, 6) is -0.471. The third-order valence-electron chi connectivity index (χ3n) is 4.12. The van der Waals surface area contributed by atoms with Gasteiger partial charge in [0, 0.05) is 12.1 Å². The molecule has 0 spiro atoms. The van der Waals surface area contributed by atoms with Crippen molar-refractivity contribution in [3.63, 3.8) is 0 Å². The number of nitrogens with zero attached hydrogens (tertiary/aromatic N) is 1. The van der Waals surface area contributed by atoms with E-state index in [0.29, 0.717) is 33.6 Å². The third-order valence-corrected chi connectivity index (χ3v) is 4.85. The molecule has 0 aromatic heterocycles. The van der Waals surface area contributed by atoms with Crippen molar-refractivity contribution in [3.8, 4) is 0 Å². The molecular weight excluding hydrogens is 339 g/mol. The highest BCUT2D eigenvalue weighted by Crippen LogP contribution is 2.42. The number of fused-ring (bicyclic) bond motifs is 1. The van der Waals surface area contributed by atoms with Crippen LogP contribution in [-0.2, 0) is 4.79 Å². The molecule has 2 amide bonds. The Labute approximate surface area is 143 Å². The summed E-state index contributed by atoms with van der Waals surface area (Å²) in [6.07, 6.45) is 2.21. The molecular formula is C15H16Cl2N4O2. The van der Waals surface area contributed by atoms with Crippen LogP contribution in [0.15, 0.2) is 12.1 Å². The predicted molar refractivity (Wildman–Crippen MR) is 87.6 cm³/mol. The van der Waals surface area contributed by atoms with Gasteiger partial charge in [0.2, 0.25) is 5.91 Å². The minimum atomic E-state index is -0.414. The molecule has 4 N–H and O–H groups in total. The average molecular weight is 355 g/mol. The van der Waals surface area contributed by atoms with E-state index in [0.717, 1.165) is 12.8 Å². The zero-order valence-corrected chi connectivity index (χ0v) is 13.7. The highest BCUT2D eigenvalue weighted by Gasteiger charge is 2.41. The van der Waals surface area contributed by atoms with Crippen LogP contribution in [-0.4, -0.2) is 29.2 Å². The lowest BCUT2D eigenvalue weighted by Crippen LogP contribution is -2.39. The number of amides is 2. The number of benzene rings is 1. The number of hydrogen-bond donors (Lipinski definition) is 3. The maximum absolute atomic E-state index is 12.7. The molecule has 0 radical (unpaired) electrons. The lowest BCUT2D eigenvalue weighted by molar-refractivity contribution is -0.120. The number of nitrogens with two attached hydrogens (primary N) is 1. The molecule has 0 bridgehead atoms. The van der Waals surface area contributed by atoms with Crippen molar-refractivity contribution < 1.29 is 9.59 Å². The summed E-state index contributed by atoms with van der Waals surface area (Å²) in [7, 11) is 0. The van der Waals surface area contributed by atoms with Crippen molar-refractivity contribution in [2.45, 2.75) is 25.3 Å². The van der Waals surface area contributed by atoms with Gasteiger partial charge in [0.25, 0.3) is 5.91 Å². The number of carbonyl (C=O) groups excluding carboxylic acids is 2. The third kappa shape index (κ3) is 3.28. The Morgan fingerprint density at radius 3 is 2.61 bits per heavy atom. The van der Waals surface area contributed by atoms with Crippen LogP contribution in [0.5, 0.6) is 0 Å². The molecule has 122 valence electrons. The molecule has 3 rings (SSSR count). The zero-order valence-electron chi connectivity index (χ0n) is 12.2. The fraction of sp³-hybridized carbons (Fsp3) is 0.400. The predicted octanol–water partition coefficient (Wildman–Crippen LogP) is 2.30. The number of halogens is 2. The fourth-order valence-corrected chi connectivity index (χ4v) is 3.21. The van der Waals surface area contributed by atoms with Gasteiger partial charge in [-0.15, -0.1) is 0 Å². The van der Waals surface area contributed by atoms with Crippen LogP contribution < -0.4 is 11.1 Å². The summed E-state index contributed by atoms with van der Waals surface area (Å²) in [6.45, 7) is 0.612. The molecule has 1 unspecified atom stereocenters. The summed E-state index contributed by atoms with van der Waals surface area (Å²) in [5, 5.41) is 10.1. The van der Waals surface area contributed by atoms with Crippen molar-refractivity contribution in [2.75, 3.05) is 6.54 Å². The molecule has 1 fully saturated rings. The largest absolute Gasteiger partial charge is 0.370 e. The van der Waals surface area contributed by atoms with Crippen molar-refractivity contribution in [3.05, 3.63) is 33.3 Å². The van der Waals surface area contributed by atoms with Gasteiger partial charge in [-0.3, -0.25) is 20.3 Å². The van der Waals surface area contributed by atoms with E-state index in [1.807, 2.05) is 0 Å². The van der Waals surface area contributed by atoms with Gasteiger partial charge in [0.1, 0.15) is 0 Å². The van der Waals surface area contributed by atoms with Crippen molar-refractivity contribution in [1.29, 1.82) is 5.41 Å². The molecule has 2 aliphatic rings. The number of rotatable bonds is 4. The Balaban J connectivity index is 1.92. The topological polar surface area (TPSA) is 99.3 Å². The first-order chi connectivity index (χ1) is 10.9. The Bertz CT molecular complexity index is 703. The molecule has 0 saturated heterocycles. The minimum Gasteiger partial charge on any atom is -0.370 e. The highest BCUT2D eigenvalue weighted by molar-refractivity contribution is 6.42. The molecule has 1 atom stereocenters. The summed E-state index contributed by atoms with van der Waals surface area (Å²) in [4.78, 5) is 26.4. The standard InChI is InChI=1S/C15H16Cl2N4O2/c16-10-3-8-9(4-11(10)17)14(23)21(6-7-1-2-7)12(8)5-13(22)20-15(18)19/h3-4,7,12H,1-2,5-6H2,(H4,18,19,20,22). The smallest absolute Gasteiger partial charge is 0.254 e. The lowest BCUT2D eigenvalue weighted by atomic mass is 10.0. The Kier molecular flexibility index (Phi) is 4.21. The SMILES string of the molecule is N=C(N)NC(=O)CC1c2cc(Cl)c(Cl)cc2C(=O)N1CC1CC1. The fourth-order valence-electron chi connectivity index (χ4n) is 2.87. The van der Waals surface area contributed by atoms with Crippen LogP contribution in [0.2, 0.25) is 10.0 Å². The second-order valence-corrected chi connectivity index (χ2v) is 6.75. The average Bonchev–Trinajstić information content (AvgIpc) is 3.24. The van der Waals surface area contributed by atoms with Gasteiger partial charge in [-0.2, -0.15) is 0 Å². The molecule has 1 aromatic rings.